The van der Waals surface area contributed by atoms with Gasteiger partial charge in [0.1, 0.15) is 12.4 Å². The van der Waals surface area contributed by atoms with Crippen LogP contribution in [0, 0.1) is 0 Å². The number of hydrogen-bond donors (Lipinski definition) is 0. The van der Waals surface area contributed by atoms with Crippen LogP contribution in [0.15, 0.2) is 34.8 Å². The first kappa shape index (κ1) is 12.2. The Bertz CT molecular complexity index is 483. The van der Waals surface area contributed by atoms with Crippen molar-refractivity contribution >= 4 is 22.8 Å². The minimum atomic E-state index is -0.0961. The van der Waals surface area contributed by atoms with E-state index in [1.165, 1.54) is 0 Å². The van der Waals surface area contributed by atoms with Crippen molar-refractivity contribution in [2.24, 2.45) is 4.99 Å². The number of fused-ring (bicyclic) bond motifs is 1. The predicted octanol–water partition coefficient (Wildman–Crippen LogP) is 3.90. The van der Waals surface area contributed by atoms with E-state index in [9.17, 15) is 0 Å². The number of rotatable bonds is 1. The summed E-state index contributed by atoms with van der Waals surface area (Å²) in [6.45, 7) is 6.64. The van der Waals surface area contributed by atoms with Gasteiger partial charge in [0.05, 0.1) is 10.6 Å². The lowest BCUT2D eigenvalue weighted by atomic mass is 10.1. The smallest absolute Gasteiger partial charge is 0.128 e. The predicted molar refractivity (Wildman–Crippen MR) is 73.0 cm³/mol. The average Bonchev–Trinajstić information content (AvgIpc) is 2.27. The first-order valence-corrected chi connectivity index (χ1v) is 6.01. The van der Waals surface area contributed by atoms with Crippen LogP contribution < -0.4 is 4.74 Å². The van der Waals surface area contributed by atoms with Crippen LogP contribution in [0.5, 0.6) is 5.75 Å². The fourth-order valence-corrected chi connectivity index (χ4v) is 1.79. The second-order valence-corrected chi connectivity index (χ2v) is 5.43. The van der Waals surface area contributed by atoms with E-state index in [4.69, 9.17) is 16.3 Å². The topological polar surface area (TPSA) is 21.6 Å². The van der Waals surface area contributed by atoms with Gasteiger partial charge in [-0.2, -0.15) is 0 Å². The standard InChI is InChI=1S/C14H16ClNO/c1-14(2,3)16-8-10-9-17-12-7-5-4-6-11(12)13(10)15/h4-8H,9H2,1-3H3. The molecule has 0 aliphatic carbocycles. The largest absolute Gasteiger partial charge is 0.488 e. The normalized spacial score (nSPS) is 16.0. The molecule has 0 spiro atoms. The maximum Gasteiger partial charge on any atom is 0.128 e. The Labute approximate surface area is 107 Å². The third-order valence-electron chi connectivity index (χ3n) is 2.40. The van der Waals surface area contributed by atoms with Crippen molar-refractivity contribution in [3.05, 3.63) is 35.4 Å². The monoisotopic (exact) mass is 249 g/mol. The average molecular weight is 250 g/mol. The zero-order valence-electron chi connectivity index (χ0n) is 10.3. The van der Waals surface area contributed by atoms with Gasteiger partial charge in [-0.1, -0.05) is 23.7 Å². The minimum Gasteiger partial charge on any atom is -0.488 e. The minimum absolute atomic E-state index is 0.0961. The third-order valence-corrected chi connectivity index (χ3v) is 2.84. The van der Waals surface area contributed by atoms with Crippen molar-refractivity contribution in [1.29, 1.82) is 0 Å². The molecule has 0 aromatic heterocycles. The van der Waals surface area contributed by atoms with E-state index in [1.807, 2.05) is 30.5 Å². The molecule has 0 N–H and O–H groups in total. The number of hydrogen-bond acceptors (Lipinski definition) is 2. The molecule has 0 fully saturated rings. The molecule has 0 saturated carbocycles. The molecule has 0 radical (unpaired) electrons. The molecule has 1 aromatic carbocycles. The van der Waals surface area contributed by atoms with Gasteiger partial charge < -0.3 is 4.74 Å². The van der Waals surface area contributed by atoms with E-state index in [0.29, 0.717) is 6.61 Å². The summed E-state index contributed by atoms with van der Waals surface area (Å²) in [6.07, 6.45) is 1.82. The lowest BCUT2D eigenvalue weighted by Crippen LogP contribution is -2.14. The van der Waals surface area contributed by atoms with Crippen molar-refractivity contribution in [2.75, 3.05) is 6.61 Å². The Hall–Kier alpha value is -1.28. The molecule has 3 heteroatoms. The van der Waals surface area contributed by atoms with Crippen LogP contribution in [0.4, 0.5) is 0 Å². The summed E-state index contributed by atoms with van der Waals surface area (Å²) in [5.74, 6) is 0.838. The first-order valence-electron chi connectivity index (χ1n) is 5.63. The molecule has 0 bridgehead atoms. The van der Waals surface area contributed by atoms with E-state index in [-0.39, 0.29) is 5.54 Å². The highest BCUT2D eigenvalue weighted by Crippen LogP contribution is 2.34. The third kappa shape index (κ3) is 2.89. The van der Waals surface area contributed by atoms with E-state index < -0.39 is 0 Å². The zero-order chi connectivity index (χ0) is 12.5. The number of aliphatic imine (C=N–C) groups is 1. The quantitative estimate of drug-likeness (QED) is 0.692. The molecule has 2 rings (SSSR count). The summed E-state index contributed by atoms with van der Waals surface area (Å²) in [5, 5.41) is 0.736. The Balaban J connectivity index is 2.35. The summed E-state index contributed by atoms with van der Waals surface area (Å²) >= 11 is 6.35. The Morgan fingerprint density at radius 1 is 1.29 bits per heavy atom. The SMILES string of the molecule is CC(C)(C)N=CC1=C(Cl)c2ccccc2OC1. The van der Waals surface area contributed by atoms with Gasteiger partial charge in [-0.05, 0) is 32.9 Å². The number of para-hydroxylation sites is 1. The van der Waals surface area contributed by atoms with Crippen molar-refractivity contribution in [3.63, 3.8) is 0 Å². The molecular weight excluding hydrogens is 234 g/mol. The second-order valence-electron chi connectivity index (χ2n) is 5.05. The van der Waals surface area contributed by atoms with Crippen LogP contribution in [0.1, 0.15) is 26.3 Å². The molecule has 1 aromatic rings. The molecule has 2 nitrogen and oxygen atoms in total. The van der Waals surface area contributed by atoms with Gasteiger partial charge in [-0.25, -0.2) is 0 Å². The van der Waals surface area contributed by atoms with Crippen molar-refractivity contribution < 1.29 is 4.74 Å². The van der Waals surface area contributed by atoms with Crippen LogP contribution in [0.3, 0.4) is 0 Å². The van der Waals surface area contributed by atoms with Crippen molar-refractivity contribution in [3.8, 4) is 5.75 Å². The van der Waals surface area contributed by atoms with Gasteiger partial charge in [-0.3, -0.25) is 4.99 Å². The number of nitrogens with zero attached hydrogens (tertiary/aromatic N) is 1. The summed E-state index contributed by atoms with van der Waals surface area (Å²) < 4.78 is 5.64. The zero-order valence-corrected chi connectivity index (χ0v) is 11.1. The van der Waals surface area contributed by atoms with Gasteiger partial charge in [0.2, 0.25) is 0 Å². The van der Waals surface area contributed by atoms with E-state index in [0.717, 1.165) is 21.9 Å². The lowest BCUT2D eigenvalue weighted by molar-refractivity contribution is 0.353. The highest BCUT2D eigenvalue weighted by atomic mass is 35.5. The van der Waals surface area contributed by atoms with Crippen molar-refractivity contribution in [1.82, 2.24) is 0 Å². The molecule has 17 heavy (non-hydrogen) atoms. The molecule has 0 saturated heterocycles. The second kappa shape index (κ2) is 4.53. The number of halogens is 1. The molecule has 1 aliphatic heterocycles. The van der Waals surface area contributed by atoms with Crippen LogP contribution in [0.25, 0.3) is 5.03 Å². The molecular formula is C14H16ClNO. The van der Waals surface area contributed by atoms with E-state index >= 15 is 0 Å². The summed E-state index contributed by atoms with van der Waals surface area (Å²) in [7, 11) is 0. The van der Waals surface area contributed by atoms with Gasteiger partial charge in [0.25, 0.3) is 0 Å². The maximum absolute atomic E-state index is 6.35. The Morgan fingerprint density at radius 2 is 2.00 bits per heavy atom. The van der Waals surface area contributed by atoms with Crippen LogP contribution in [-0.4, -0.2) is 18.4 Å². The molecule has 0 amide bonds. The first-order chi connectivity index (χ1) is 7.97. The highest BCUT2D eigenvalue weighted by Gasteiger charge is 2.17. The van der Waals surface area contributed by atoms with Crippen LogP contribution in [-0.2, 0) is 0 Å². The van der Waals surface area contributed by atoms with E-state index in [2.05, 4.69) is 25.8 Å². The van der Waals surface area contributed by atoms with Crippen LogP contribution >= 0.6 is 11.6 Å². The van der Waals surface area contributed by atoms with Gasteiger partial charge in [0.15, 0.2) is 0 Å². The number of benzene rings is 1. The fraction of sp³-hybridized carbons (Fsp3) is 0.357. The van der Waals surface area contributed by atoms with Crippen molar-refractivity contribution in [2.45, 2.75) is 26.3 Å². The maximum atomic E-state index is 6.35. The molecule has 0 unspecified atom stereocenters. The molecule has 90 valence electrons. The Kier molecular flexibility index (Phi) is 3.25. The summed E-state index contributed by atoms with van der Waals surface area (Å²) in [4.78, 5) is 4.46. The summed E-state index contributed by atoms with van der Waals surface area (Å²) in [6, 6.07) is 7.78. The highest BCUT2D eigenvalue weighted by molar-refractivity contribution is 6.51. The van der Waals surface area contributed by atoms with Crippen LogP contribution in [0.2, 0.25) is 0 Å². The Morgan fingerprint density at radius 3 is 2.71 bits per heavy atom. The molecule has 1 aliphatic rings. The fourth-order valence-electron chi connectivity index (χ4n) is 1.53. The molecule has 1 heterocycles. The van der Waals surface area contributed by atoms with Gasteiger partial charge in [-0.15, -0.1) is 0 Å². The van der Waals surface area contributed by atoms with E-state index in [1.54, 1.807) is 0 Å². The molecule has 0 atom stereocenters. The van der Waals surface area contributed by atoms with Gasteiger partial charge >= 0.3 is 0 Å². The number of ether oxygens (including phenoxy) is 1. The lowest BCUT2D eigenvalue weighted by Gasteiger charge is -2.19. The summed E-state index contributed by atoms with van der Waals surface area (Å²) in [5.41, 5.74) is 1.78. The van der Waals surface area contributed by atoms with Gasteiger partial charge in [0, 0.05) is 17.4 Å².